The van der Waals surface area contributed by atoms with Crippen molar-refractivity contribution < 1.29 is 13.2 Å². The highest BCUT2D eigenvalue weighted by Crippen LogP contribution is 2.24. The lowest BCUT2D eigenvalue weighted by Crippen LogP contribution is -2.53. The van der Waals surface area contributed by atoms with Crippen LogP contribution in [0.15, 0.2) is 84.9 Å². The first-order valence-electron chi connectivity index (χ1n) is 18.4. The van der Waals surface area contributed by atoms with E-state index in [4.69, 9.17) is 16.6 Å². The highest BCUT2D eigenvalue weighted by molar-refractivity contribution is 7.89. The fourth-order valence-corrected chi connectivity index (χ4v) is 9.13. The molecule has 0 radical (unpaired) electrons. The van der Waals surface area contributed by atoms with Gasteiger partial charge in [0.25, 0.3) is 0 Å². The minimum atomic E-state index is -3.17. The molecule has 7 rings (SSSR count). The molecule has 290 valence electrons. The number of carbonyl (C=O) groups excluding carboxylic acids is 1. The van der Waals surface area contributed by atoms with Crippen molar-refractivity contribution in [3.63, 3.8) is 0 Å². The summed E-state index contributed by atoms with van der Waals surface area (Å²) in [5.74, 6) is 1.68. The summed E-state index contributed by atoms with van der Waals surface area (Å²) in [5.41, 5.74) is 4.60. The number of aryl methyl sites for hydroxylation is 1. The molecular weight excluding hydrogens is 772 g/mol. The number of sulfonamides is 1. The fraction of sp³-hybridized carbons (Fsp3) is 0.375. The quantitative estimate of drug-likeness (QED) is 0.140. The van der Waals surface area contributed by atoms with Crippen LogP contribution in [-0.4, -0.2) is 99.4 Å². The van der Waals surface area contributed by atoms with Crippen molar-refractivity contribution in [2.75, 3.05) is 55.6 Å². The van der Waals surface area contributed by atoms with E-state index >= 15 is 0 Å². The minimum Gasteiger partial charge on any atom is -0.344 e. The van der Waals surface area contributed by atoms with Gasteiger partial charge in [0.05, 0.1) is 5.25 Å². The first-order valence-corrected chi connectivity index (χ1v) is 21.8. The van der Waals surface area contributed by atoms with Gasteiger partial charge in [-0.25, -0.2) is 18.4 Å². The molecule has 1 amide bonds. The van der Waals surface area contributed by atoms with Crippen molar-refractivity contribution in [3.05, 3.63) is 124 Å². The largest absolute Gasteiger partial charge is 0.344 e. The average Bonchev–Trinajstić information content (AvgIpc) is 3.86. The molecule has 15 heteroatoms. The highest BCUT2D eigenvalue weighted by atomic mass is 35.5. The summed E-state index contributed by atoms with van der Waals surface area (Å²) in [5, 5.41) is 2.15. The zero-order valence-electron chi connectivity index (χ0n) is 31.6. The van der Waals surface area contributed by atoms with Gasteiger partial charge in [-0.2, -0.15) is 13.1 Å². The van der Waals surface area contributed by atoms with Crippen LogP contribution in [0.3, 0.4) is 0 Å². The van der Waals surface area contributed by atoms with E-state index in [1.54, 1.807) is 24.2 Å². The van der Waals surface area contributed by atoms with Gasteiger partial charge in [0.1, 0.15) is 11.6 Å². The van der Waals surface area contributed by atoms with Crippen LogP contribution in [0, 0.1) is 6.92 Å². The third kappa shape index (κ3) is 11.0. The average molecular weight is 820 g/mol. The molecule has 1 unspecified atom stereocenters. The molecule has 0 bridgehead atoms. The van der Waals surface area contributed by atoms with Gasteiger partial charge in [-0.1, -0.05) is 83.9 Å². The predicted molar refractivity (Wildman–Crippen MR) is 225 cm³/mol. The molecule has 55 heavy (non-hydrogen) atoms. The molecular formula is C40H47ClN8O3S3. The molecule has 0 aliphatic carbocycles. The van der Waals surface area contributed by atoms with Crippen molar-refractivity contribution >= 4 is 66.9 Å². The second-order valence-corrected chi connectivity index (χ2v) is 18.4. The van der Waals surface area contributed by atoms with Gasteiger partial charge in [-0.3, -0.25) is 4.79 Å². The molecule has 1 atom stereocenters. The number of amides is 1. The number of halogens is 1. The van der Waals surface area contributed by atoms with E-state index in [1.165, 1.54) is 34.2 Å². The van der Waals surface area contributed by atoms with Crippen LogP contribution < -0.4 is 9.80 Å². The van der Waals surface area contributed by atoms with Gasteiger partial charge in [0.2, 0.25) is 26.2 Å². The van der Waals surface area contributed by atoms with E-state index < -0.39 is 10.0 Å². The first kappa shape index (κ1) is 40.5. The molecule has 2 aliphatic heterocycles. The second kappa shape index (κ2) is 18.6. The number of rotatable bonds is 10. The molecule has 11 nitrogen and oxygen atoms in total. The van der Waals surface area contributed by atoms with Crippen molar-refractivity contribution in [2.24, 2.45) is 0 Å². The Morgan fingerprint density at radius 1 is 0.800 bits per heavy atom. The summed E-state index contributed by atoms with van der Waals surface area (Å²) in [6.07, 6.45) is 4.94. The summed E-state index contributed by atoms with van der Waals surface area (Å²) in [6, 6.07) is 26.1. The second-order valence-electron chi connectivity index (χ2n) is 14.0. The maximum Gasteiger partial charge on any atom is 0.246 e. The number of benzene rings is 3. The lowest BCUT2D eigenvalue weighted by Gasteiger charge is -2.39. The topological polar surface area (TPSA) is 116 Å². The molecule has 2 saturated heterocycles. The Morgan fingerprint density at radius 3 is 1.91 bits per heavy atom. The van der Waals surface area contributed by atoms with Crippen LogP contribution in [0.5, 0.6) is 0 Å². The molecule has 5 aromatic rings. The van der Waals surface area contributed by atoms with Crippen LogP contribution in [0.4, 0.5) is 10.3 Å². The van der Waals surface area contributed by atoms with E-state index in [0.29, 0.717) is 39.1 Å². The standard InChI is InChI=1S/C23H23ClN4OS.C17H24N4O2S2/c1-17-16-27(13-14-28(17)22(29)12-9-18-5-3-2-4-6-18)23-25-21(26-30-23)15-19-7-10-20(24)11-8-19;1-13(2)25(22,23)21-10-8-20(9-11-21)17-18-16(19-24-17)12-15-6-4-14(3)5-7-15/h2-12,17H,13-16H2,1H3;4-7,13H,8-12H2,1-3H3. The predicted octanol–water partition coefficient (Wildman–Crippen LogP) is 6.83. The molecule has 2 aromatic heterocycles. The third-order valence-corrected chi connectivity index (χ3v) is 13.7. The molecule has 0 spiro atoms. The summed E-state index contributed by atoms with van der Waals surface area (Å²) < 4.78 is 35.0. The Balaban J connectivity index is 0.000000190. The first-order chi connectivity index (χ1) is 26.4. The van der Waals surface area contributed by atoms with Crippen LogP contribution in [-0.2, 0) is 27.7 Å². The maximum absolute atomic E-state index is 12.6. The molecule has 0 saturated carbocycles. The molecule has 0 N–H and O–H groups in total. The van der Waals surface area contributed by atoms with Crippen molar-refractivity contribution in [3.8, 4) is 0 Å². The van der Waals surface area contributed by atoms with E-state index in [9.17, 15) is 13.2 Å². The number of hydrogen-bond acceptors (Lipinski definition) is 11. The zero-order chi connectivity index (χ0) is 39.0. The van der Waals surface area contributed by atoms with Crippen LogP contribution in [0.2, 0.25) is 5.02 Å². The van der Waals surface area contributed by atoms with Crippen molar-refractivity contribution in [1.82, 2.24) is 27.9 Å². The summed E-state index contributed by atoms with van der Waals surface area (Å²) in [6.45, 7) is 12.1. The number of hydrogen-bond donors (Lipinski definition) is 0. The number of carbonyl (C=O) groups is 1. The van der Waals surface area contributed by atoms with Crippen molar-refractivity contribution in [2.45, 2.75) is 51.8 Å². The van der Waals surface area contributed by atoms with E-state index in [0.717, 1.165) is 57.6 Å². The van der Waals surface area contributed by atoms with Gasteiger partial charge >= 0.3 is 0 Å². The van der Waals surface area contributed by atoms with Crippen LogP contribution in [0.25, 0.3) is 6.08 Å². The Hall–Kier alpha value is -4.21. The lowest BCUT2D eigenvalue weighted by molar-refractivity contribution is -0.128. The molecule has 2 aliphatic rings. The number of nitrogens with zero attached hydrogens (tertiary/aromatic N) is 8. The van der Waals surface area contributed by atoms with Gasteiger partial charge in [0, 0.05) is 98.9 Å². The van der Waals surface area contributed by atoms with E-state index in [2.05, 4.69) is 61.6 Å². The van der Waals surface area contributed by atoms with Gasteiger partial charge in [0.15, 0.2) is 0 Å². The third-order valence-electron chi connectivity index (χ3n) is 9.54. The Kier molecular flexibility index (Phi) is 13.7. The number of anilines is 2. The van der Waals surface area contributed by atoms with E-state index in [-0.39, 0.29) is 17.2 Å². The Labute approximate surface area is 337 Å². The number of piperazine rings is 2. The van der Waals surface area contributed by atoms with Gasteiger partial charge in [-0.15, -0.1) is 0 Å². The highest BCUT2D eigenvalue weighted by Gasteiger charge is 2.31. The SMILES string of the molecule is CC1CN(c2nc(Cc3ccc(Cl)cc3)ns2)CCN1C(=O)C=Cc1ccccc1.Cc1ccc(Cc2nsc(N3CCN(S(=O)(=O)C(C)C)CC3)n2)cc1. The van der Waals surface area contributed by atoms with Crippen molar-refractivity contribution in [1.29, 1.82) is 0 Å². The number of aromatic nitrogens is 4. The summed E-state index contributed by atoms with van der Waals surface area (Å²) in [4.78, 5) is 28.3. The molecule has 2 fully saturated rings. The maximum atomic E-state index is 12.6. The molecule has 4 heterocycles. The molecule has 3 aromatic carbocycles. The van der Waals surface area contributed by atoms with E-state index in [1.807, 2.05) is 65.6 Å². The lowest BCUT2D eigenvalue weighted by atomic mass is 10.1. The monoisotopic (exact) mass is 818 g/mol. The van der Waals surface area contributed by atoms with Crippen LogP contribution >= 0.6 is 34.7 Å². The Morgan fingerprint density at radius 2 is 1.35 bits per heavy atom. The summed E-state index contributed by atoms with van der Waals surface area (Å²) in [7, 11) is -3.17. The zero-order valence-corrected chi connectivity index (χ0v) is 34.8. The van der Waals surface area contributed by atoms with Crippen LogP contribution in [0.1, 0.15) is 54.7 Å². The summed E-state index contributed by atoms with van der Waals surface area (Å²) >= 11 is 8.76. The van der Waals surface area contributed by atoms with Gasteiger partial charge in [-0.05, 0) is 62.6 Å². The minimum absolute atomic E-state index is 0.0479. The van der Waals surface area contributed by atoms with Gasteiger partial charge < -0.3 is 14.7 Å². The Bertz CT molecular complexity index is 2130. The normalized spacial score (nSPS) is 16.8. The fourth-order valence-electron chi connectivity index (χ4n) is 6.28. The smallest absolute Gasteiger partial charge is 0.246 e.